The molecule has 0 amide bonds. The molecule has 0 unspecified atom stereocenters. The van der Waals surface area contributed by atoms with Crippen molar-refractivity contribution in [3.05, 3.63) is 71.3 Å². The first-order chi connectivity index (χ1) is 8.38. The van der Waals surface area contributed by atoms with E-state index in [0.29, 0.717) is 0 Å². The van der Waals surface area contributed by atoms with Crippen LogP contribution in [0.1, 0.15) is 23.1 Å². The summed E-state index contributed by atoms with van der Waals surface area (Å²) in [6.07, 6.45) is 2.78. The first kappa shape index (κ1) is 11.9. The van der Waals surface area contributed by atoms with E-state index in [1.165, 1.54) is 16.7 Å². The molecule has 0 aromatic heterocycles. The van der Waals surface area contributed by atoms with E-state index in [4.69, 9.17) is 5.11 Å². The second kappa shape index (κ2) is 6.21. The lowest BCUT2D eigenvalue weighted by Gasteiger charge is -2.05. The monoisotopic (exact) mass is 226 g/mol. The number of aliphatic hydroxyl groups excluding tert-OH is 1. The molecule has 0 aliphatic heterocycles. The van der Waals surface area contributed by atoms with Crippen LogP contribution in [0.15, 0.2) is 54.6 Å². The Hall–Kier alpha value is -1.60. The van der Waals surface area contributed by atoms with Gasteiger partial charge >= 0.3 is 0 Å². The number of hydrogen-bond acceptors (Lipinski definition) is 1. The number of aliphatic hydroxyl groups is 1. The Morgan fingerprint density at radius 2 is 1.47 bits per heavy atom. The highest BCUT2D eigenvalue weighted by Gasteiger charge is 1.98. The third kappa shape index (κ3) is 3.72. The third-order valence-electron chi connectivity index (χ3n) is 2.87. The predicted molar refractivity (Wildman–Crippen MR) is 71.1 cm³/mol. The molecule has 0 radical (unpaired) electrons. The highest BCUT2D eigenvalue weighted by atomic mass is 16.2. The van der Waals surface area contributed by atoms with Gasteiger partial charge in [-0.15, -0.1) is 0 Å². The van der Waals surface area contributed by atoms with Crippen molar-refractivity contribution in [1.29, 1.82) is 0 Å². The van der Waals surface area contributed by atoms with Crippen molar-refractivity contribution < 1.29 is 5.11 Å². The van der Waals surface area contributed by atoms with Crippen molar-refractivity contribution in [2.24, 2.45) is 0 Å². The minimum absolute atomic E-state index is 0.267. The molecule has 0 heterocycles. The van der Waals surface area contributed by atoms with Gasteiger partial charge in [-0.2, -0.15) is 0 Å². The Labute approximate surface area is 103 Å². The first-order valence-corrected chi connectivity index (χ1v) is 6.11. The molecule has 0 aliphatic carbocycles. The molecule has 2 aromatic carbocycles. The maximum atomic E-state index is 8.83. The summed E-state index contributed by atoms with van der Waals surface area (Å²) in [5.74, 6) is 0. The van der Waals surface area contributed by atoms with Crippen molar-refractivity contribution >= 4 is 0 Å². The molecule has 17 heavy (non-hydrogen) atoms. The van der Waals surface area contributed by atoms with Crippen LogP contribution in [0.25, 0.3) is 0 Å². The summed E-state index contributed by atoms with van der Waals surface area (Å²) in [5.41, 5.74) is 3.99. The minimum atomic E-state index is 0.267. The molecule has 0 aliphatic rings. The van der Waals surface area contributed by atoms with Crippen molar-refractivity contribution in [3.8, 4) is 0 Å². The van der Waals surface area contributed by atoms with E-state index < -0.39 is 0 Å². The fourth-order valence-corrected chi connectivity index (χ4v) is 2.01. The van der Waals surface area contributed by atoms with Crippen molar-refractivity contribution in [2.75, 3.05) is 6.61 Å². The molecular formula is C16H18O. The summed E-state index contributed by atoms with van der Waals surface area (Å²) >= 11 is 0. The molecule has 2 rings (SSSR count). The lowest BCUT2D eigenvalue weighted by molar-refractivity contribution is 0.288. The van der Waals surface area contributed by atoms with E-state index in [9.17, 15) is 0 Å². The molecule has 0 fully saturated rings. The van der Waals surface area contributed by atoms with Gasteiger partial charge in [0.1, 0.15) is 0 Å². The van der Waals surface area contributed by atoms with Crippen molar-refractivity contribution in [3.63, 3.8) is 0 Å². The minimum Gasteiger partial charge on any atom is -0.396 e. The SMILES string of the molecule is OCCCc1cccc(Cc2ccccc2)c1. The number of benzene rings is 2. The Balaban J connectivity index is 2.06. The van der Waals surface area contributed by atoms with Gasteiger partial charge in [-0.05, 0) is 36.0 Å². The quantitative estimate of drug-likeness (QED) is 0.830. The lowest BCUT2D eigenvalue weighted by atomic mass is 10.0. The van der Waals surface area contributed by atoms with Crippen molar-refractivity contribution in [1.82, 2.24) is 0 Å². The van der Waals surface area contributed by atoms with Crippen molar-refractivity contribution in [2.45, 2.75) is 19.3 Å². The fourth-order valence-electron chi connectivity index (χ4n) is 2.01. The second-order valence-electron chi connectivity index (χ2n) is 4.31. The van der Waals surface area contributed by atoms with Gasteiger partial charge < -0.3 is 5.11 Å². The Morgan fingerprint density at radius 3 is 2.24 bits per heavy atom. The summed E-state index contributed by atoms with van der Waals surface area (Å²) in [5, 5.41) is 8.83. The largest absolute Gasteiger partial charge is 0.396 e. The molecule has 2 aromatic rings. The van der Waals surface area contributed by atoms with Crippen LogP contribution >= 0.6 is 0 Å². The second-order valence-corrected chi connectivity index (χ2v) is 4.31. The molecule has 1 heteroatoms. The first-order valence-electron chi connectivity index (χ1n) is 6.11. The van der Waals surface area contributed by atoms with Crippen LogP contribution < -0.4 is 0 Å². The summed E-state index contributed by atoms with van der Waals surface area (Å²) < 4.78 is 0. The topological polar surface area (TPSA) is 20.2 Å². The standard InChI is InChI=1S/C16H18O/c17-11-5-10-15-8-4-9-16(13-15)12-14-6-2-1-3-7-14/h1-4,6-9,13,17H,5,10-12H2. The van der Waals surface area contributed by atoms with Gasteiger partial charge in [0.2, 0.25) is 0 Å². The van der Waals surface area contributed by atoms with Crippen LogP contribution in [0.5, 0.6) is 0 Å². The Kier molecular flexibility index (Phi) is 4.34. The molecule has 1 N–H and O–H groups in total. The van der Waals surface area contributed by atoms with E-state index in [2.05, 4.69) is 48.5 Å². The molecule has 0 atom stereocenters. The van der Waals surface area contributed by atoms with Crippen LogP contribution in [-0.2, 0) is 12.8 Å². The van der Waals surface area contributed by atoms with Gasteiger partial charge in [0, 0.05) is 6.61 Å². The molecule has 0 saturated carbocycles. The molecule has 88 valence electrons. The van der Waals surface area contributed by atoms with Gasteiger partial charge in [0.15, 0.2) is 0 Å². The van der Waals surface area contributed by atoms with Crippen LogP contribution in [0.4, 0.5) is 0 Å². The van der Waals surface area contributed by atoms with E-state index in [-0.39, 0.29) is 6.61 Å². The zero-order valence-electron chi connectivity index (χ0n) is 9.97. The average molecular weight is 226 g/mol. The summed E-state index contributed by atoms with van der Waals surface area (Å²) in [6, 6.07) is 19.1. The Bertz CT molecular complexity index is 448. The van der Waals surface area contributed by atoms with Gasteiger partial charge in [0.25, 0.3) is 0 Å². The van der Waals surface area contributed by atoms with Gasteiger partial charge in [0.05, 0.1) is 0 Å². The van der Waals surface area contributed by atoms with Crippen LogP contribution in [0.3, 0.4) is 0 Å². The Morgan fingerprint density at radius 1 is 0.765 bits per heavy atom. The molecule has 0 saturated heterocycles. The van der Waals surface area contributed by atoms with Crippen LogP contribution in [0, 0.1) is 0 Å². The highest BCUT2D eigenvalue weighted by Crippen LogP contribution is 2.12. The number of hydrogen-bond donors (Lipinski definition) is 1. The third-order valence-corrected chi connectivity index (χ3v) is 2.87. The summed E-state index contributed by atoms with van der Waals surface area (Å²) in [7, 11) is 0. The van der Waals surface area contributed by atoms with Gasteiger partial charge in [-0.3, -0.25) is 0 Å². The molecule has 0 spiro atoms. The van der Waals surface area contributed by atoms with Gasteiger partial charge in [-0.25, -0.2) is 0 Å². The number of rotatable bonds is 5. The zero-order chi connectivity index (χ0) is 11.9. The van der Waals surface area contributed by atoms with E-state index in [0.717, 1.165) is 19.3 Å². The normalized spacial score (nSPS) is 10.4. The zero-order valence-corrected chi connectivity index (χ0v) is 9.97. The van der Waals surface area contributed by atoms with E-state index >= 15 is 0 Å². The maximum Gasteiger partial charge on any atom is 0.0434 e. The summed E-state index contributed by atoms with van der Waals surface area (Å²) in [6.45, 7) is 0.267. The maximum absolute atomic E-state index is 8.83. The van der Waals surface area contributed by atoms with E-state index in [1.54, 1.807) is 0 Å². The van der Waals surface area contributed by atoms with Crippen LogP contribution in [0.2, 0.25) is 0 Å². The molecular weight excluding hydrogens is 208 g/mol. The van der Waals surface area contributed by atoms with Gasteiger partial charge in [-0.1, -0.05) is 54.6 Å². The fraction of sp³-hybridized carbons (Fsp3) is 0.250. The average Bonchev–Trinajstić information content (AvgIpc) is 2.38. The predicted octanol–water partition coefficient (Wildman–Crippen LogP) is 3.20. The lowest BCUT2D eigenvalue weighted by Crippen LogP contribution is -1.92. The number of aryl methyl sites for hydroxylation is 1. The van der Waals surface area contributed by atoms with E-state index in [1.807, 2.05) is 6.07 Å². The highest BCUT2D eigenvalue weighted by molar-refractivity contribution is 5.29. The molecule has 0 bridgehead atoms. The smallest absolute Gasteiger partial charge is 0.0434 e. The molecule has 1 nitrogen and oxygen atoms in total. The van der Waals surface area contributed by atoms with Crippen LogP contribution in [-0.4, -0.2) is 11.7 Å². The summed E-state index contributed by atoms with van der Waals surface area (Å²) in [4.78, 5) is 0.